The van der Waals surface area contributed by atoms with Gasteiger partial charge in [0.2, 0.25) is 5.91 Å². The third-order valence-corrected chi connectivity index (χ3v) is 6.98. The summed E-state index contributed by atoms with van der Waals surface area (Å²) in [4.78, 5) is 41.0. The Labute approximate surface area is 170 Å². The van der Waals surface area contributed by atoms with Crippen LogP contribution in [0.25, 0.3) is 10.2 Å². The minimum Gasteiger partial charge on any atom is -0.342 e. The largest absolute Gasteiger partial charge is 0.342 e. The van der Waals surface area contributed by atoms with Crippen LogP contribution in [0.4, 0.5) is 0 Å². The molecular formula is C20H31N5O2S. The Balaban J connectivity index is 1.65. The predicted octanol–water partition coefficient (Wildman–Crippen LogP) is 2.15. The Morgan fingerprint density at radius 2 is 1.86 bits per heavy atom. The molecule has 1 saturated heterocycles. The van der Waals surface area contributed by atoms with Crippen LogP contribution in [0, 0.1) is 13.8 Å². The number of H-pyrrole nitrogens is 1. The standard InChI is InChI=1S/C20H31N5O2S/c1-6-24(7-2)16(26)12-23-8-10-25(11-9-23)14(4)18-21-19(27)17-13(3)15(5)28-20(17)22-18/h14H,6-12H2,1-5H3,(H,21,22,27). The van der Waals surface area contributed by atoms with Crippen molar-refractivity contribution in [1.82, 2.24) is 24.7 Å². The van der Waals surface area contributed by atoms with E-state index in [0.717, 1.165) is 65.8 Å². The molecule has 1 aliphatic heterocycles. The quantitative estimate of drug-likeness (QED) is 0.797. The Bertz CT molecular complexity index is 894. The molecule has 1 N–H and O–H groups in total. The Morgan fingerprint density at radius 1 is 1.21 bits per heavy atom. The van der Waals surface area contributed by atoms with E-state index in [9.17, 15) is 9.59 Å². The molecule has 0 aliphatic carbocycles. The minimum absolute atomic E-state index is 0.0421. The fourth-order valence-electron chi connectivity index (χ4n) is 3.82. The summed E-state index contributed by atoms with van der Waals surface area (Å²) >= 11 is 1.59. The predicted molar refractivity (Wildman–Crippen MR) is 114 cm³/mol. The molecule has 1 unspecified atom stereocenters. The maximum Gasteiger partial charge on any atom is 0.259 e. The van der Waals surface area contributed by atoms with Gasteiger partial charge in [0.1, 0.15) is 10.7 Å². The van der Waals surface area contributed by atoms with E-state index in [4.69, 9.17) is 4.98 Å². The number of aromatic nitrogens is 2. The number of fused-ring (bicyclic) bond motifs is 1. The molecule has 1 fully saturated rings. The monoisotopic (exact) mass is 405 g/mol. The highest BCUT2D eigenvalue weighted by Gasteiger charge is 2.26. The third kappa shape index (κ3) is 4.14. The van der Waals surface area contributed by atoms with Crippen LogP contribution in [0.15, 0.2) is 4.79 Å². The van der Waals surface area contributed by atoms with Gasteiger partial charge in [-0.2, -0.15) is 0 Å². The van der Waals surface area contributed by atoms with Gasteiger partial charge in [-0.05, 0) is 40.2 Å². The summed E-state index contributed by atoms with van der Waals surface area (Å²) in [5.41, 5.74) is 0.983. The summed E-state index contributed by atoms with van der Waals surface area (Å²) in [6.07, 6.45) is 0. The molecule has 0 bridgehead atoms. The van der Waals surface area contributed by atoms with E-state index in [1.807, 2.05) is 32.6 Å². The zero-order valence-electron chi connectivity index (χ0n) is 17.5. The molecule has 0 radical (unpaired) electrons. The van der Waals surface area contributed by atoms with Crippen LogP contribution >= 0.6 is 11.3 Å². The van der Waals surface area contributed by atoms with Gasteiger partial charge in [0.05, 0.1) is 18.0 Å². The van der Waals surface area contributed by atoms with Crippen molar-refractivity contribution in [3.8, 4) is 0 Å². The van der Waals surface area contributed by atoms with Crippen LogP contribution in [-0.2, 0) is 4.79 Å². The average Bonchev–Trinajstić information content (AvgIpc) is 2.97. The molecule has 3 heterocycles. The van der Waals surface area contributed by atoms with Gasteiger partial charge in [-0.25, -0.2) is 4.98 Å². The molecule has 1 amide bonds. The van der Waals surface area contributed by atoms with E-state index < -0.39 is 0 Å². The summed E-state index contributed by atoms with van der Waals surface area (Å²) < 4.78 is 0. The van der Waals surface area contributed by atoms with Crippen molar-refractivity contribution in [3.63, 3.8) is 0 Å². The lowest BCUT2D eigenvalue weighted by atomic mass is 10.2. The van der Waals surface area contributed by atoms with Crippen LogP contribution < -0.4 is 5.56 Å². The lowest BCUT2D eigenvalue weighted by Gasteiger charge is -2.37. The summed E-state index contributed by atoms with van der Waals surface area (Å²) in [6.45, 7) is 15.5. The van der Waals surface area contributed by atoms with E-state index in [1.54, 1.807) is 11.3 Å². The van der Waals surface area contributed by atoms with Crippen molar-refractivity contribution in [2.45, 2.75) is 40.7 Å². The van der Waals surface area contributed by atoms with E-state index in [-0.39, 0.29) is 17.5 Å². The number of thiophene rings is 1. The van der Waals surface area contributed by atoms with Crippen molar-refractivity contribution in [2.24, 2.45) is 0 Å². The maximum absolute atomic E-state index is 12.6. The molecule has 0 saturated carbocycles. The smallest absolute Gasteiger partial charge is 0.259 e. The molecule has 0 spiro atoms. The molecule has 2 aromatic rings. The van der Waals surface area contributed by atoms with Crippen molar-refractivity contribution in [1.29, 1.82) is 0 Å². The number of hydrogen-bond donors (Lipinski definition) is 1. The topological polar surface area (TPSA) is 72.5 Å². The number of nitrogens with one attached hydrogen (secondary N) is 1. The number of carbonyl (C=O) groups excluding carboxylic acids is 1. The highest BCUT2D eigenvalue weighted by atomic mass is 32.1. The number of carbonyl (C=O) groups is 1. The Morgan fingerprint density at radius 3 is 2.46 bits per heavy atom. The first-order valence-electron chi connectivity index (χ1n) is 10.1. The average molecular weight is 406 g/mol. The first kappa shape index (κ1) is 21.0. The van der Waals surface area contributed by atoms with E-state index in [1.165, 1.54) is 0 Å². The van der Waals surface area contributed by atoms with Crippen molar-refractivity contribution in [3.05, 3.63) is 26.6 Å². The lowest BCUT2D eigenvalue weighted by molar-refractivity contribution is -0.132. The molecule has 7 nitrogen and oxygen atoms in total. The van der Waals surface area contributed by atoms with Crippen LogP contribution in [0.3, 0.4) is 0 Å². The van der Waals surface area contributed by atoms with E-state index in [0.29, 0.717) is 6.54 Å². The van der Waals surface area contributed by atoms with Crippen LogP contribution in [0.1, 0.15) is 43.1 Å². The second kappa shape index (κ2) is 8.71. The fraction of sp³-hybridized carbons (Fsp3) is 0.650. The van der Waals surface area contributed by atoms with Crippen molar-refractivity contribution < 1.29 is 4.79 Å². The maximum atomic E-state index is 12.6. The number of aryl methyl sites for hydroxylation is 2. The zero-order valence-corrected chi connectivity index (χ0v) is 18.4. The molecule has 2 aromatic heterocycles. The first-order chi connectivity index (χ1) is 13.3. The molecule has 28 heavy (non-hydrogen) atoms. The molecule has 0 aromatic carbocycles. The van der Waals surface area contributed by atoms with Gasteiger partial charge in [0.25, 0.3) is 5.56 Å². The summed E-state index contributed by atoms with van der Waals surface area (Å²) in [7, 11) is 0. The van der Waals surface area contributed by atoms with Crippen LogP contribution in [0.2, 0.25) is 0 Å². The molecule has 1 atom stereocenters. The Kier molecular flexibility index (Phi) is 6.52. The molecule has 8 heteroatoms. The number of amides is 1. The first-order valence-corrected chi connectivity index (χ1v) is 10.9. The second-order valence-electron chi connectivity index (χ2n) is 7.47. The van der Waals surface area contributed by atoms with E-state index >= 15 is 0 Å². The summed E-state index contributed by atoms with van der Waals surface area (Å²) in [5.74, 6) is 0.929. The molecule has 154 valence electrons. The van der Waals surface area contributed by atoms with Gasteiger partial charge >= 0.3 is 0 Å². The number of rotatable bonds is 6. The zero-order chi connectivity index (χ0) is 20.4. The van der Waals surface area contributed by atoms with Crippen molar-refractivity contribution >= 4 is 27.5 Å². The Hall–Kier alpha value is -1.77. The van der Waals surface area contributed by atoms with Gasteiger partial charge < -0.3 is 9.88 Å². The van der Waals surface area contributed by atoms with Crippen molar-refractivity contribution in [2.75, 3.05) is 45.8 Å². The molecular weight excluding hydrogens is 374 g/mol. The SMILES string of the molecule is CCN(CC)C(=O)CN1CCN(C(C)c2nc3sc(C)c(C)c3c(=O)[nH]2)CC1. The third-order valence-electron chi connectivity index (χ3n) is 5.88. The summed E-state index contributed by atoms with van der Waals surface area (Å²) in [5, 5.41) is 0.721. The molecule has 3 rings (SSSR count). The molecule has 1 aliphatic rings. The highest BCUT2D eigenvalue weighted by Crippen LogP contribution is 2.27. The van der Waals surface area contributed by atoms with Crippen LogP contribution in [0.5, 0.6) is 0 Å². The van der Waals surface area contributed by atoms with Gasteiger partial charge in [-0.3, -0.25) is 19.4 Å². The summed E-state index contributed by atoms with van der Waals surface area (Å²) in [6, 6.07) is 0.0421. The van der Waals surface area contributed by atoms with Gasteiger partial charge in [0.15, 0.2) is 0 Å². The number of hydrogen-bond acceptors (Lipinski definition) is 6. The van der Waals surface area contributed by atoms with E-state index in [2.05, 4.69) is 21.7 Å². The highest BCUT2D eigenvalue weighted by molar-refractivity contribution is 7.18. The fourth-order valence-corrected chi connectivity index (χ4v) is 4.86. The normalized spacial score (nSPS) is 17.2. The number of likely N-dealkylation sites (N-methyl/N-ethyl adjacent to an activating group) is 1. The number of piperazine rings is 1. The second-order valence-corrected chi connectivity index (χ2v) is 8.67. The lowest BCUT2D eigenvalue weighted by Crippen LogP contribution is -2.50. The van der Waals surface area contributed by atoms with Gasteiger partial charge in [0, 0.05) is 44.1 Å². The van der Waals surface area contributed by atoms with Gasteiger partial charge in [-0.1, -0.05) is 0 Å². The number of nitrogens with zero attached hydrogens (tertiary/aromatic N) is 4. The minimum atomic E-state index is -0.0443. The van der Waals surface area contributed by atoms with Gasteiger partial charge in [-0.15, -0.1) is 11.3 Å². The number of aromatic amines is 1. The van der Waals surface area contributed by atoms with Crippen LogP contribution in [-0.4, -0.2) is 76.4 Å².